The van der Waals surface area contributed by atoms with E-state index in [0.29, 0.717) is 31.8 Å². The summed E-state index contributed by atoms with van der Waals surface area (Å²) in [5, 5.41) is 12.4. The highest BCUT2D eigenvalue weighted by molar-refractivity contribution is 7.22. The van der Waals surface area contributed by atoms with Gasteiger partial charge in [0.05, 0.1) is 21.8 Å². The first-order chi connectivity index (χ1) is 15.4. The summed E-state index contributed by atoms with van der Waals surface area (Å²) in [5.74, 6) is -1.80. The molecule has 1 aliphatic rings. The highest BCUT2D eigenvalue weighted by Gasteiger charge is 2.48. The zero-order valence-corrected chi connectivity index (χ0v) is 18.7. The van der Waals surface area contributed by atoms with E-state index in [0.717, 1.165) is 4.70 Å². The van der Waals surface area contributed by atoms with Gasteiger partial charge in [0.25, 0.3) is 5.78 Å². The molecule has 1 saturated heterocycles. The molecule has 1 atom stereocenters. The largest absolute Gasteiger partial charge is 0.507 e. The number of hydrogen-bond acceptors (Lipinski definition) is 5. The number of benzene rings is 3. The summed E-state index contributed by atoms with van der Waals surface area (Å²) in [5.41, 5.74) is 1.67. The molecule has 0 saturated carbocycles. The number of halogens is 2. The van der Waals surface area contributed by atoms with Gasteiger partial charge < -0.3 is 5.11 Å². The van der Waals surface area contributed by atoms with Crippen LogP contribution in [0.15, 0.2) is 78.4 Å². The van der Waals surface area contributed by atoms with Crippen LogP contribution in [0.5, 0.6) is 0 Å². The highest BCUT2D eigenvalue weighted by atomic mass is 35.5. The molecule has 158 valence electrons. The van der Waals surface area contributed by atoms with Crippen LogP contribution in [0.2, 0.25) is 10.0 Å². The molecule has 5 rings (SSSR count). The summed E-state index contributed by atoms with van der Waals surface area (Å²) < 4.78 is 0.780. The van der Waals surface area contributed by atoms with E-state index in [9.17, 15) is 14.7 Å². The Bertz CT molecular complexity index is 1420. The lowest BCUT2D eigenvalue weighted by Crippen LogP contribution is -2.29. The Kier molecular flexibility index (Phi) is 5.21. The Morgan fingerprint density at radius 2 is 1.69 bits per heavy atom. The number of ketones is 1. The molecule has 1 aliphatic heterocycles. The predicted octanol–water partition coefficient (Wildman–Crippen LogP) is 6.23. The first-order valence-electron chi connectivity index (χ1n) is 9.62. The second kappa shape index (κ2) is 8.06. The van der Waals surface area contributed by atoms with Crippen LogP contribution in [0.25, 0.3) is 16.0 Å². The maximum atomic E-state index is 13.2. The van der Waals surface area contributed by atoms with E-state index in [-0.39, 0.29) is 11.3 Å². The van der Waals surface area contributed by atoms with Crippen LogP contribution in [0.3, 0.4) is 0 Å². The van der Waals surface area contributed by atoms with E-state index in [4.69, 9.17) is 23.2 Å². The lowest BCUT2D eigenvalue weighted by atomic mass is 9.95. The van der Waals surface area contributed by atoms with E-state index < -0.39 is 17.7 Å². The van der Waals surface area contributed by atoms with Gasteiger partial charge in [-0.2, -0.15) is 0 Å². The van der Waals surface area contributed by atoms with Gasteiger partial charge >= 0.3 is 5.91 Å². The maximum absolute atomic E-state index is 13.2. The Hall–Kier alpha value is -3.19. The predicted molar refractivity (Wildman–Crippen MR) is 127 cm³/mol. The number of rotatable bonds is 3. The molecule has 5 nitrogen and oxygen atoms in total. The third kappa shape index (κ3) is 3.46. The van der Waals surface area contributed by atoms with E-state index in [1.165, 1.54) is 16.2 Å². The van der Waals surface area contributed by atoms with Crippen LogP contribution in [0.4, 0.5) is 5.13 Å². The summed E-state index contributed by atoms with van der Waals surface area (Å²) in [7, 11) is 0. The number of aliphatic hydroxyl groups excluding tert-OH is 1. The first kappa shape index (κ1) is 20.7. The van der Waals surface area contributed by atoms with Gasteiger partial charge in [0.1, 0.15) is 5.76 Å². The molecule has 1 fully saturated rings. The van der Waals surface area contributed by atoms with Gasteiger partial charge in [-0.15, -0.1) is 0 Å². The minimum atomic E-state index is -0.884. The van der Waals surface area contributed by atoms with Crippen molar-refractivity contribution < 1.29 is 14.7 Å². The zero-order chi connectivity index (χ0) is 22.4. The quantitative estimate of drug-likeness (QED) is 0.214. The molecule has 0 spiro atoms. The SMILES string of the molecule is O=C1C(=O)N(c2nc3ccc(Cl)cc3s2)C(c2cccc(Cl)c2)C1=C(O)c1ccccc1. The normalized spacial score (nSPS) is 17.9. The van der Waals surface area contributed by atoms with Gasteiger partial charge in [-0.25, -0.2) is 4.98 Å². The maximum Gasteiger partial charge on any atom is 0.301 e. The number of amides is 1. The van der Waals surface area contributed by atoms with Crippen molar-refractivity contribution in [3.05, 3.63) is 99.5 Å². The van der Waals surface area contributed by atoms with Crippen LogP contribution in [-0.4, -0.2) is 21.8 Å². The van der Waals surface area contributed by atoms with E-state index in [1.807, 2.05) is 0 Å². The molecule has 1 N–H and O–H groups in total. The van der Waals surface area contributed by atoms with Crippen molar-refractivity contribution in [2.75, 3.05) is 4.90 Å². The number of aromatic nitrogens is 1. The molecular weight excluding hydrogens is 467 g/mol. The fraction of sp³-hybridized carbons (Fsp3) is 0.0417. The second-order valence-corrected chi connectivity index (χ2v) is 9.08. The Balaban J connectivity index is 1.75. The van der Waals surface area contributed by atoms with E-state index >= 15 is 0 Å². The van der Waals surface area contributed by atoms with E-state index in [2.05, 4.69) is 4.98 Å². The molecule has 1 aromatic heterocycles. The number of carbonyl (C=O) groups is 2. The molecule has 0 bridgehead atoms. The number of nitrogens with zero attached hydrogens (tertiary/aromatic N) is 2. The summed E-state index contributed by atoms with van der Waals surface area (Å²) in [4.78, 5) is 32.2. The van der Waals surface area contributed by atoms with Crippen molar-refractivity contribution in [1.29, 1.82) is 0 Å². The van der Waals surface area contributed by atoms with Gasteiger partial charge in [-0.1, -0.05) is 77.0 Å². The van der Waals surface area contributed by atoms with Crippen molar-refractivity contribution in [2.24, 2.45) is 0 Å². The van der Waals surface area contributed by atoms with Crippen molar-refractivity contribution in [2.45, 2.75) is 6.04 Å². The summed E-state index contributed by atoms with van der Waals surface area (Å²) in [6.07, 6.45) is 0. The van der Waals surface area contributed by atoms with Crippen LogP contribution < -0.4 is 4.90 Å². The summed E-state index contributed by atoms with van der Waals surface area (Å²) >= 11 is 13.6. The van der Waals surface area contributed by atoms with Crippen molar-refractivity contribution in [1.82, 2.24) is 4.98 Å². The number of hydrogen-bond donors (Lipinski definition) is 1. The lowest BCUT2D eigenvalue weighted by Gasteiger charge is -2.23. The standard InChI is InChI=1S/C24H14Cl2N2O3S/c25-15-8-4-7-14(11-15)20-19(21(29)13-5-2-1-3-6-13)22(30)23(31)28(20)24-27-17-10-9-16(26)12-18(17)32-24/h1-12,20,29H. The molecule has 3 aromatic carbocycles. The molecule has 0 radical (unpaired) electrons. The number of fused-ring (bicyclic) bond motifs is 1. The number of thiazole rings is 1. The Morgan fingerprint density at radius 1 is 0.938 bits per heavy atom. The van der Waals surface area contributed by atoms with Gasteiger partial charge in [-0.05, 0) is 35.9 Å². The number of anilines is 1. The average molecular weight is 481 g/mol. The Labute approximate surface area is 197 Å². The minimum Gasteiger partial charge on any atom is -0.507 e. The van der Waals surface area contributed by atoms with Gasteiger partial charge in [-0.3, -0.25) is 14.5 Å². The fourth-order valence-corrected chi connectivity index (χ4v) is 5.23. The molecule has 1 amide bonds. The van der Waals surface area contributed by atoms with Crippen LogP contribution in [-0.2, 0) is 9.59 Å². The zero-order valence-electron chi connectivity index (χ0n) is 16.3. The fourth-order valence-electron chi connectivity index (χ4n) is 3.76. The van der Waals surface area contributed by atoms with E-state index in [1.54, 1.807) is 72.8 Å². The third-order valence-corrected chi connectivity index (χ3v) is 6.69. The smallest absolute Gasteiger partial charge is 0.301 e. The molecule has 1 unspecified atom stereocenters. The third-order valence-electron chi connectivity index (χ3n) is 5.20. The van der Waals surface area contributed by atoms with Crippen LogP contribution in [0, 0.1) is 0 Å². The molecular formula is C24H14Cl2N2O3S. The molecule has 0 aliphatic carbocycles. The Morgan fingerprint density at radius 3 is 2.44 bits per heavy atom. The number of carbonyl (C=O) groups excluding carboxylic acids is 2. The van der Waals surface area contributed by atoms with Crippen LogP contribution >= 0.6 is 34.5 Å². The highest BCUT2D eigenvalue weighted by Crippen LogP contribution is 2.44. The molecule has 4 aromatic rings. The number of aliphatic hydroxyl groups is 1. The van der Waals surface area contributed by atoms with Gasteiger partial charge in [0.2, 0.25) is 0 Å². The topological polar surface area (TPSA) is 70.5 Å². The van der Waals surface area contributed by atoms with Crippen LogP contribution in [0.1, 0.15) is 17.2 Å². The van der Waals surface area contributed by atoms with Crippen molar-refractivity contribution in [3.63, 3.8) is 0 Å². The summed E-state index contributed by atoms with van der Waals surface area (Å²) in [6, 6.07) is 19.9. The molecule has 8 heteroatoms. The monoisotopic (exact) mass is 480 g/mol. The van der Waals surface area contributed by atoms with Crippen molar-refractivity contribution in [3.8, 4) is 0 Å². The lowest BCUT2D eigenvalue weighted by molar-refractivity contribution is -0.132. The van der Waals surface area contributed by atoms with Crippen molar-refractivity contribution >= 4 is 67.3 Å². The molecule has 32 heavy (non-hydrogen) atoms. The first-order valence-corrected chi connectivity index (χ1v) is 11.2. The molecule has 2 heterocycles. The number of Topliss-reactive ketones (excluding diaryl/α,β-unsaturated/α-hetero) is 1. The second-order valence-electron chi connectivity index (χ2n) is 7.20. The van der Waals surface area contributed by atoms with Gasteiger partial charge in [0.15, 0.2) is 5.13 Å². The average Bonchev–Trinajstić information content (AvgIpc) is 3.32. The van der Waals surface area contributed by atoms with Gasteiger partial charge in [0, 0.05) is 15.6 Å². The minimum absolute atomic E-state index is 0.0132. The summed E-state index contributed by atoms with van der Waals surface area (Å²) in [6.45, 7) is 0.